The zero-order valence-electron chi connectivity index (χ0n) is 10.9. The Balaban J connectivity index is 2.58. The van der Waals surface area contributed by atoms with Gasteiger partial charge in [-0.05, 0) is 30.7 Å². The Morgan fingerprint density at radius 2 is 1.81 bits per heavy atom. The van der Waals surface area contributed by atoms with Crippen LogP contribution in [0, 0.1) is 11.3 Å². The van der Waals surface area contributed by atoms with Crippen LogP contribution >= 0.6 is 0 Å². The van der Waals surface area contributed by atoms with Crippen LogP contribution in [0.15, 0.2) is 24.3 Å². The number of benzene rings is 1. The molecule has 110 valence electrons. The van der Waals surface area contributed by atoms with Gasteiger partial charge in [-0.25, -0.2) is 9.59 Å². The van der Waals surface area contributed by atoms with Crippen molar-refractivity contribution < 1.29 is 24.6 Å². The molecule has 0 aliphatic carbocycles. The molecule has 1 aromatic carbocycles. The van der Waals surface area contributed by atoms with Crippen LogP contribution in [0.4, 0.5) is 10.5 Å². The molecule has 0 spiro atoms. The Bertz CT molecular complexity index is 576. The first-order chi connectivity index (χ1) is 9.92. The average Bonchev–Trinajstić information content (AvgIpc) is 2.43. The van der Waals surface area contributed by atoms with Crippen LogP contribution in [-0.2, 0) is 9.59 Å². The maximum absolute atomic E-state index is 11.6. The molecule has 0 fully saturated rings. The number of carbonyl (C=O) groups is 3. The van der Waals surface area contributed by atoms with E-state index in [2.05, 4.69) is 10.6 Å². The van der Waals surface area contributed by atoms with Crippen LogP contribution in [0.1, 0.15) is 18.4 Å². The molecule has 0 aromatic heterocycles. The molecule has 1 rings (SSSR count). The van der Waals surface area contributed by atoms with Crippen LogP contribution in [0.2, 0.25) is 0 Å². The van der Waals surface area contributed by atoms with Gasteiger partial charge in [0, 0.05) is 12.1 Å². The maximum Gasteiger partial charge on any atom is 0.326 e. The van der Waals surface area contributed by atoms with E-state index in [0.29, 0.717) is 11.3 Å². The quantitative estimate of drug-likeness (QED) is 0.616. The van der Waals surface area contributed by atoms with Gasteiger partial charge in [0.05, 0.1) is 11.6 Å². The normalized spacial score (nSPS) is 11.0. The summed E-state index contributed by atoms with van der Waals surface area (Å²) in [6, 6.07) is 5.83. The number of hydrogen-bond donors (Lipinski definition) is 4. The highest BCUT2D eigenvalue weighted by Gasteiger charge is 2.20. The van der Waals surface area contributed by atoms with Crippen molar-refractivity contribution in [3.63, 3.8) is 0 Å². The van der Waals surface area contributed by atoms with Gasteiger partial charge < -0.3 is 20.8 Å². The number of rotatable bonds is 6. The molecule has 1 aromatic rings. The van der Waals surface area contributed by atoms with Crippen LogP contribution in [-0.4, -0.2) is 34.2 Å². The van der Waals surface area contributed by atoms with Crippen molar-refractivity contribution in [1.82, 2.24) is 5.32 Å². The smallest absolute Gasteiger partial charge is 0.326 e. The van der Waals surface area contributed by atoms with Crippen molar-refractivity contribution in [3.05, 3.63) is 29.8 Å². The summed E-state index contributed by atoms with van der Waals surface area (Å²) >= 11 is 0. The fourth-order valence-electron chi connectivity index (χ4n) is 1.48. The molecule has 0 unspecified atom stereocenters. The second-order valence-electron chi connectivity index (χ2n) is 4.11. The van der Waals surface area contributed by atoms with E-state index in [0.717, 1.165) is 0 Å². The number of carboxylic acid groups (broad SMARTS) is 2. The number of amides is 2. The van der Waals surface area contributed by atoms with Gasteiger partial charge in [0.2, 0.25) is 0 Å². The fourth-order valence-corrected chi connectivity index (χ4v) is 1.48. The molecule has 0 saturated heterocycles. The number of carboxylic acids is 2. The molecule has 0 bridgehead atoms. The highest BCUT2D eigenvalue weighted by atomic mass is 16.4. The van der Waals surface area contributed by atoms with E-state index >= 15 is 0 Å². The Morgan fingerprint density at radius 3 is 2.29 bits per heavy atom. The summed E-state index contributed by atoms with van der Waals surface area (Å²) in [5.74, 6) is -2.46. The number of aliphatic carboxylic acids is 2. The van der Waals surface area contributed by atoms with E-state index < -0.39 is 24.0 Å². The molecule has 0 aliphatic heterocycles. The third kappa shape index (κ3) is 5.61. The third-order valence-corrected chi connectivity index (χ3v) is 2.52. The Kier molecular flexibility index (Phi) is 5.70. The van der Waals surface area contributed by atoms with Gasteiger partial charge in [0.25, 0.3) is 0 Å². The van der Waals surface area contributed by atoms with E-state index in [9.17, 15) is 14.4 Å². The van der Waals surface area contributed by atoms with E-state index in [1.165, 1.54) is 24.3 Å². The van der Waals surface area contributed by atoms with Crippen LogP contribution in [0.5, 0.6) is 0 Å². The molecule has 8 heteroatoms. The van der Waals surface area contributed by atoms with Crippen molar-refractivity contribution in [3.8, 4) is 6.07 Å². The highest BCUT2D eigenvalue weighted by Crippen LogP contribution is 2.08. The van der Waals surface area contributed by atoms with Crippen LogP contribution in [0.3, 0.4) is 0 Å². The number of carbonyl (C=O) groups excluding carboxylic acids is 1. The number of urea groups is 1. The number of anilines is 1. The monoisotopic (exact) mass is 291 g/mol. The highest BCUT2D eigenvalue weighted by molar-refractivity contribution is 5.92. The summed E-state index contributed by atoms with van der Waals surface area (Å²) in [5.41, 5.74) is 0.805. The summed E-state index contributed by atoms with van der Waals surface area (Å²) < 4.78 is 0. The van der Waals surface area contributed by atoms with Crippen molar-refractivity contribution in [2.24, 2.45) is 0 Å². The van der Waals surface area contributed by atoms with E-state index in [4.69, 9.17) is 15.5 Å². The first kappa shape index (κ1) is 16.0. The van der Waals surface area contributed by atoms with Gasteiger partial charge in [-0.2, -0.15) is 5.26 Å². The maximum atomic E-state index is 11.6. The number of nitrogens with zero attached hydrogens (tertiary/aromatic N) is 1. The first-order valence-corrected chi connectivity index (χ1v) is 5.94. The van der Waals surface area contributed by atoms with Crippen LogP contribution < -0.4 is 10.6 Å². The average molecular weight is 291 g/mol. The largest absolute Gasteiger partial charge is 0.481 e. The standard InChI is InChI=1S/C13H13N3O5/c14-7-8-1-3-9(4-2-8)15-13(21)16-10(12(19)20)5-6-11(17)18/h1-4,10H,5-6H2,(H,17,18)(H,19,20)(H2,15,16,21)/t10-/m1/s1. The molecule has 0 aliphatic rings. The minimum Gasteiger partial charge on any atom is -0.481 e. The second kappa shape index (κ2) is 7.49. The lowest BCUT2D eigenvalue weighted by molar-refractivity contribution is -0.140. The zero-order chi connectivity index (χ0) is 15.8. The van der Waals surface area contributed by atoms with Crippen molar-refractivity contribution >= 4 is 23.7 Å². The predicted octanol–water partition coefficient (Wildman–Crippen LogP) is 0.998. The van der Waals surface area contributed by atoms with Gasteiger partial charge in [-0.1, -0.05) is 0 Å². The summed E-state index contributed by atoms with van der Waals surface area (Å²) in [6.45, 7) is 0. The Labute approximate surface area is 120 Å². The fraction of sp³-hybridized carbons (Fsp3) is 0.231. The van der Waals surface area contributed by atoms with E-state index in [1.54, 1.807) is 0 Å². The van der Waals surface area contributed by atoms with Crippen molar-refractivity contribution in [1.29, 1.82) is 5.26 Å². The summed E-state index contributed by atoms with van der Waals surface area (Å²) in [6.07, 6.45) is -0.584. The number of hydrogen-bond acceptors (Lipinski definition) is 4. The van der Waals surface area contributed by atoms with Gasteiger partial charge in [-0.3, -0.25) is 4.79 Å². The SMILES string of the molecule is N#Cc1ccc(NC(=O)N[C@H](CCC(=O)O)C(=O)O)cc1. The topological polar surface area (TPSA) is 140 Å². The summed E-state index contributed by atoms with van der Waals surface area (Å²) in [5, 5.41) is 30.6. The molecule has 8 nitrogen and oxygen atoms in total. The van der Waals surface area contributed by atoms with Crippen LogP contribution in [0.25, 0.3) is 0 Å². The lowest BCUT2D eigenvalue weighted by atomic mass is 10.1. The van der Waals surface area contributed by atoms with Gasteiger partial charge in [0.15, 0.2) is 0 Å². The molecule has 1 atom stereocenters. The number of nitriles is 1. The molecule has 2 amide bonds. The molecule has 4 N–H and O–H groups in total. The molecule has 0 radical (unpaired) electrons. The van der Waals surface area contributed by atoms with Gasteiger partial charge in [0.1, 0.15) is 6.04 Å². The van der Waals surface area contributed by atoms with Gasteiger partial charge >= 0.3 is 18.0 Å². The first-order valence-electron chi connectivity index (χ1n) is 5.94. The minimum absolute atomic E-state index is 0.217. The molecule has 0 heterocycles. The third-order valence-electron chi connectivity index (χ3n) is 2.52. The lowest BCUT2D eigenvalue weighted by Crippen LogP contribution is -2.43. The van der Waals surface area contributed by atoms with E-state index in [-0.39, 0.29) is 12.8 Å². The Morgan fingerprint density at radius 1 is 1.19 bits per heavy atom. The van der Waals surface area contributed by atoms with Gasteiger partial charge in [-0.15, -0.1) is 0 Å². The van der Waals surface area contributed by atoms with Crippen molar-refractivity contribution in [2.75, 3.05) is 5.32 Å². The summed E-state index contributed by atoms with van der Waals surface area (Å²) in [4.78, 5) is 33.0. The molecule has 21 heavy (non-hydrogen) atoms. The zero-order valence-corrected chi connectivity index (χ0v) is 10.9. The van der Waals surface area contributed by atoms with Crippen molar-refractivity contribution in [2.45, 2.75) is 18.9 Å². The number of nitrogens with one attached hydrogen (secondary N) is 2. The van der Waals surface area contributed by atoms with E-state index in [1.807, 2.05) is 6.07 Å². The minimum atomic E-state index is -1.31. The summed E-state index contributed by atoms with van der Waals surface area (Å²) in [7, 11) is 0. The lowest BCUT2D eigenvalue weighted by Gasteiger charge is -2.14. The molecular formula is C13H13N3O5. The Hall–Kier alpha value is -3.08. The second-order valence-corrected chi connectivity index (χ2v) is 4.11. The molecular weight excluding hydrogens is 278 g/mol. The predicted molar refractivity (Wildman–Crippen MR) is 71.6 cm³/mol. The molecule has 0 saturated carbocycles.